The van der Waals surface area contributed by atoms with Gasteiger partial charge in [-0.05, 0) is 57.4 Å². The van der Waals surface area contributed by atoms with Crippen molar-refractivity contribution in [3.05, 3.63) is 24.0 Å². The van der Waals surface area contributed by atoms with Crippen molar-refractivity contribution in [2.24, 2.45) is 5.73 Å². The number of fused-ring (bicyclic) bond motifs is 1. The summed E-state index contributed by atoms with van der Waals surface area (Å²) in [4.78, 5) is 18.8. The minimum Gasteiger partial charge on any atom is -0.368 e. The van der Waals surface area contributed by atoms with Crippen LogP contribution in [0.5, 0.6) is 0 Å². The van der Waals surface area contributed by atoms with Gasteiger partial charge in [-0.25, -0.2) is 13.4 Å². The van der Waals surface area contributed by atoms with Gasteiger partial charge < -0.3 is 10.3 Å². The number of hydrogen-bond donors (Lipinski definition) is 1. The number of imidazole rings is 1. The van der Waals surface area contributed by atoms with E-state index in [1.165, 1.54) is 0 Å². The zero-order chi connectivity index (χ0) is 20.6. The zero-order valence-corrected chi connectivity index (χ0v) is 17.7. The molecule has 0 aliphatic carbocycles. The van der Waals surface area contributed by atoms with Crippen LogP contribution in [0.25, 0.3) is 11.0 Å². The van der Waals surface area contributed by atoms with Gasteiger partial charge in [-0.1, -0.05) is 6.42 Å². The van der Waals surface area contributed by atoms with Crippen molar-refractivity contribution in [1.82, 2.24) is 18.8 Å². The number of hydrogen-bond acceptors (Lipinski definition) is 5. The number of likely N-dealkylation sites (tertiary alicyclic amines) is 1. The average molecular weight is 420 g/mol. The van der Waals surface area contributed by atoms with Crippen LogP contribution in [0.2, 0.25) is 0 Å². The van der Waals surface area contributed by atoms with Crippen LogP contribution in [0.3, 0.4) is 0 Å². The number of rotatable bonds is 6. The Kier molecular flexibility index (Phi) is 5.63. The monoisotopic (exact) mass is 419 g/mol. The molecule has 4 rings (SSSR count). The Labute approximate surface area is 171 Å². The first-order valence-electron chi connectivity index (χ1n) is 10.4. The van der Waals surface area contributed by atoms with Gasteiger partial charge in [-0.15, -0.1) is 0 Å². The summed E-state index contributed by atoms with van der Waals surface area (Å²) in [6, 6.07) is 4.97. The Morgan fingerprint density at radius 1 is 1.17 bits per heavy atom. The van der Waals surface area contributed by atoms with Gasteiger partial charge in [-0.3, -0.25) is 9.69 Å². The number of carbonyl (C=O) groups excluding carboxylic acids is 1. The summed E-state index contributed by atoms with van der Waals surface area (Å²) >= 11 is 0. The molecule has 0 spiro atoms. The van der Waals surface area contributed by atoms with Crippen LogP contribution in [0.4, 0.5) is 0 Å². The number of nitrogens with zero attached hydrogens (tertiary/aromatic N) is 4. The summed E-state index contributed by atoms with van der Waals surface area (Å²) in [5, 5.41) is 0. The van der Waals surface area contributed by atoms with Crippen molar-refractivity contribution < 1.29 is 13.2 Å². The zero-order valence-electron chi connectivity index (χ0n) is 16.9. The first-order valence-corrected chi connectivity index (χ1v) is 11.9. The number of carbonyl (C=O) groups is 1. The van der Waals surface area contributed by atoms with Gasteiger partial charge >= 0.3 is 0 Å². The molecule has 9 heteroatoms. The lowest BCUT2D eigenvalue weighted by Gasteiger charge is -2.25. The van der Waals surface area contributed by atoms with Gasteiger partial charge in [0.1, 0.15) is 5.82 Å². The largest absolute Gasteiger partial charge is 0.368 e. The maximum Gasteiger partial charge on any atom is 0.243 e. The van der Waals surface area contributed by atoms with Crippen LogP contribution in [-0.4, -0.2) is 58.8 Å². The third-order valence-electron chi connectivity index (χ3n) is 6.10. The average Bonchev–Trinajstić information content (AvgIpc) is 3.32. The van der Waals surface area contributed by atoms with E-state index in [4.69, 9.17) is 10.7 Å². The standard InChI is InChI=1S/C20H29N5O3S/c1-2-25-17-9-8-15(29(27,28)24-11-4-3-5-12-24)13-16(17)22-19(25)14-23-10-6-7-18(23)20(21)26/h8-9,13,18H,2-7,10-12,14H2,1H3,(H2,21,26)/t18-/m0/s1. The molecule has 0 radical (unpaired) electrons. The Balaban J connectivity index is 1.66. The molecule has 1 atom stereocenters. The molecule has 0 saturated carbocycles. The lowest BCUT2D eigenvalue weighted by atomic mass is 10.2. The maximum atomic E-state index is 13.0. The second-order valence-electron chi connectivity index (χ2n) is 7.92. The van der Waals surface area contributed by atoms with E-state index >= 15 is 0 Å². The number of aromatic nitrogens is 2. The molecule has 1 aromatic heterocycles. The predicted molar refractivity (Wildman–Crippen MR) is 111 cm³/mol. The molecule has 2 aliphatic rings. The Bertz CT molecular complexity index is 1010. The second-order valence-corrected chi connectivity index (χ2v) is 9.86. The van der Waals surface area contributed by atoms with Crippen molar-refractivity contribution in [1.29, 1.82) is 0 Å². The molecule has 3 heterocycles. The molecule has 2 saturated heterocycles. The molecule has 0 unspecified atom stereocenters. The van der Waals surface area contributed by atoms with Crippen LogP contribution in [0.1, 0.15) is 44.9 Å². The molecule has 2 N–H and O–H groups in total. The molecule has 2 aliphatic heterocycles. The molecule has 2 aromatic rings. The second kappa shape index (κ2) is 8.04. The van der Waals surface area contributed by atoms with Crippen LogP contribution < -0.4 is 5.73 Å². The van der Waals surface area contributed by atoms with E-state index in [0.29, 0.717) is 30.0 Å². The van der Waals surface area contributed by atoms with Gasteiger partial charge in [0.25, 0.3) is 0 Å². The molecular weight excluding hydrogens is 390 g/mol. The maximum absolute atomic E-state index is 13.0. The smallest absolute Gasteiger partial charge is 0.243 e. The Morgan fingerprint density at radius 2 is 1.93 bits per heavy atom. The number of aryl methyl sites for hydroxylation is 1. The van der Waals surface area contributed by atoms with Crippen molar-refractivity contribution >= 4 is 27.0 Å². The van der Waals surface area contributed by atoms with Gasteiger partial charge in [-0.2, -0.15) is 4.31 Å². The Hall–Kier alpha value is -1.97. The van der Waals surface area contributed by atoms with Crippen molar-refractivity contribution in [3.63, 3.8) is 0 Å². The minimum atomic E-state index is -3.49. The SMILES string of the molecule is CCn1c(CN2CCC[C@H]2C(N)=O)nc2cc(S(=O)(=O)N3CCCCC3)ccc21. The highest BCUT2D eigenvalue weighted by Crippen LogP contribution is 2.26. The Morgan fingerprint density at radius 3 is 2.62 bits per heavy atom. The van der Waals surface area contributed by atoms with E-state index in [2.05, 4.69) is 9.47 Å². The first kappa shape index (κ1) is 20.3. The predicted octanol–water partition coefficient (Wildman–Crippen LogP) is 1.68. The van der Waals surface area contributed by atoms with Crippen molar-refractivity contribution in [2.45, 2.75) is 63.1 Å². The molecule has 1 amide bonds. The number of benzene rings is 1. The molecule has 29 heavy (non-hydrogen) atoms. The van der Waals surface area contributed by atoms with Crippen LogP contribution in [-0.2, 0) is 27.9 Å². The van der Waals surface area contributed by atoms with Gasteiger partial charge in [0.05, 0.1) is 28.5 Å². The van der Waals surface area contributed by atoms with Crippen LogP contribution in [0, 0.1) is 0 Å². The van der Waals surface area contributed by atoms with E-state index in [1.807, 2.05) is 13.0 Å². The minimum absolute atomic E-state index is 0.254. The fraction of sp³-hybridized carbons (Fsp3) is 0.600. The van der Waals surface area contributed by atoms with Gasteiger partial charge in [0, 0.05) is 19.6 Å². The molecular formula is C20H29N5O3S. The lowest BCUT2D eigenvalue weighted by Crippen LogP contribution is -2.40. The van der Waals surface area contributed by atoms with Crippen LogP contribution >= 0.6 is 0 Å². The highest BCUT2D eigenvalue weighted by Gasteiger charge is 2.31. The van der Waals surface area contributed by atoms with Gasteiger partial charge in [0.15, 0.2) is 0 Å². The molecule has 8 nitrogen and oxygen atoms in total. The van der Waals surface area contributed by atoms with Gasteiger partial charge in [0.2, 0.25) is 15.9 Å². The number of amides is 1. The summed E-state index contributed by atoms with van der Waals surface area (Å²) in [6.07, 6.45) is 4.62. The summed E-state index contributed by atoms with van der Waals surface area (Å²) in [6.45, 7) is 5.27. The molecule has 0 bridgehead atoms. The van der Waals surface area contributed by atoms with E-state index < -0.39 is 10.0 Å². The quantitative estimate of drug-likeness (QED) is 0.768. The highest BCUT2D eigenvalue weighted by atomic mass is 32.2. The lowest BCUT2D eigenvalue weighted by molar-refractivity contribution is -0.122. The van der Waals surface area contributed by atoms with Crippen LogP contribution in [0.15, 0.2) is 23.1 Å². The fourth-order valence-electron chi connectivity index (χ4n) is 4.57. The number of primary amides is 1. The summed E-state index contributed by atoms with van der Waals surface area (Å²) in [5.41, 5.74) is 7.13. The summed E-state index contributed by atoms with van der Waals surface area (Å²) in [5.74, 6) is 0.541. The molecule has 158 valence electrons. The topological polar surface area (TPSA) is 102 Å². The van der Waals surface area contributed by atoms with E-state index in [0.717, 1.165) is 56.5 Å². The molecule has 1 aromatic carbocycles. The highest BCUT2D eigenvalue weighted by molar-refractivity contribution is 7.89. The third-order valence-corrected chi connectivity index (χ3v) is 8.00. The summed E-state index contributed by atoms with van der Waals surface area (Å²) < 4.78 is 29.7. The fourth-order valence-corrected chi connectivity index (χ4v) is 6.10. The normalized spacial score (nSPS) is 21.8. The number of sulfonamides is 1. The van der Waals surface area contributed by atoms with E-state index in [1.54, 1.807) is 16.4 Å². The number of nitrogens with two attached hydrogens (primary N) is 1. The first-order chi connectivity index (χ1) is 13.9. The van der Waals surface area contributed by atoms with Crippen molar-refractivity contribution in [3.8, 4) is 0 Å². The van der Waals surface area contributed by atoms with Crippen molar-refractivity contribution in [2.75, 3.05) is 19.6 Å². The number of piperidine rings is 1. The van der Waals surface area contributed by atoms with E-state index in [9.17, 15) is 13.2 Å². The summed E-state index contributed by atoms with van der Waals surface area (Å²) in [7, 11) is -3.49. The molecule has 2 fully saturated rings. The van der Waals surface area contributed by atoms with E-state index in [-0.39, 0.29) is 11.9 Å². The third kappa shape index (κ3) is 3.78.